The molecule has 3 nitrogen and oxygen atoms in total. The molecule has 0 fully saturated rings. The van der Waals surface area contributed by atoms with Gasteiger partial charge in [-0.05, 0) is 19.8 Å². The van der Waals surface area contributed by atoms with Crippen LogP contribution in [0, 0.1) is 0 Å². The van der Waals surface area contributed by atoms with Gasteiger partial charge in [-0.1, -0.05) is 39.5 Å². The van der Waals surface area contributed by atoms with Crippen molar-refractivity contribution in [2.45, 2.75) is 71.8 Å². The van der Waals surface area contributed by atoms with Gasteiger partial charge in [0.25, 0.3) is 0 Å². The van der Waals surface area contributed by atoms with Crippen molar-refractivity contribution in [3.63, 3.8) is 0 Å². The average molecular weight is 243 g/mol. The van der Waals surface area contributed by atoms with Crippen molar-refractivity contribution < 1.29 is 9.53 Å². The van der Waals surface area contributed by atoms with Gasteiger partial charge in [-0.2, -0.15) is 0 Å². The molecule has 0 spiro atoms. The van der Waals surface area contributed by atoms with Crippen LogP contribution < -0.4 is 5.32 Å². The highest BCUT2D eigenvalue weighted by molar-refractivity contribution is 5.76. The molecular weight excluding hydrogens is 214 g/mol. The average Bonchev–Trinajstić information content (AvgIpc) is 2.29. The fourth-order valence-corrected chi connectivity index (χ4v) is 1.82. The fraction of sp³-hybridized carbons (Fsp3) is 0.929. The van der Waals surface area contributed by atoms with Gasteiger partial charge in [0, 0.05) is 13.2 Å². The molecule has 0 rings (SSSR count). The van der Waals surface area contributed by atoms with Gasteiger partial charge >= 0.3 is 0 Å². The Bertz CT molecular complexity index is 183. The van der Waals surface area contributed by atoms with E-state index in [9.17, 15) is 4.79 Å². The molecule has 0 aliphatic carbocycles. The third-order valence-corrected chi connectivity index (χ3v) is 2.75. The summed E-state index contributed by atoms with van der Waals surface area (Å²) < 4.78 is 5.79. The molecule has 0 aromatic heterocycles. The summed E-state index contributed by atoms with van der Waals surface area (Å²) in [5, 5.41) is 2.83. The zero-order valence-electron chi connectivity index (χ0n) is 11.8. The first-order chi connectivity index (χ1) is 8.24. The summed E-state index contributed by atoms with van der Waals surface area (Å²) in [6.07, 6.45) is 7.53. The van der Waals surface area contributed by atoms with Crippen LogP contribution in [0.4, 0.5) is 0 Å². The Morgan fingerprint density at radius 2 is 1.88 bits per heavy atom. The Kier molecular flexibility index (Phi) is 11.5. The highest BCUT2D eigenvalue weighted by Crippen LogP contribution is 2.09. The number of hydrogen-bond acceptors (Lipinski definition) is 2. The summed E-state index contributed by atoms with van der Waals surface area (Å²) in [4.78, 5) is 11.5. The van der Waals surface area contributed by atoms with E-state index in [0.29, 0.717) is 13.0 Å². The second-order valence-electron chi connectivity index (χ2n) is 4.50. The van der Waals surface area contributed by atoms with Gasteiger partial charge in [0.2, 0.25) is 5.91 Å². The lowest BCUT2D eigenvalue weighted by Gasteiger charge is -2.16. The third kappa shape index (κ3) is 10.3. The maximum Gasteiger partial charge on any atom is 0.222 e. The fourth-order valence-electron chi connectivity index (χ4n) is 1.82. The van der Waals surface area contributed by atoms with Crippen LogP contribution in [-0.2, 0) is 9.53 Å². The summed E-state index contributed by atoms with van der Waals surface area (Å²) in [5.74, 6) is 0.111. The normalized spacial score (nSPS) is 12.4. The first kappa shape index (κ1) is 16.4. The Balaban J connectivity index is 3.69. The van der Waals surface area contributed by atoms with Crippen LogP contribution in [0.3, 0.4) is 0 Å². The predicted molar refractivity (Wildman–Crippen MR) is 72.1 cm³/mol. The number of unbranched alkanes of at least 4 members (excludes halogenated alkanes) is 3. The Morgan fingerprint density at radius 3 is 2.47 bits per heavy atom. The van der Waals surface area contributed by atoms with Crippen LogP contribution in [0.5, 0.6) is 0 Å². The molecular formula is C14H29NO2. The summed E-state index contributed by atoms with van der Waals surface area (Å²) in [7, 11) is 0. The minimum absolute atomic E-state index is 0.105. The van der Waals surface area contributed by atoms with Crippen LogP contribution in [0.15, 0.2) is 0 Å². The Hall–Kier alpha value is -0.570. The highest BCUT2D eigenvalue weighted by atomic mass is 16.5. The lowest BCUT2D eigenvalue weighted by atomic mass is 10.1. The molecule has 0 saturated carbocycles. The number of rotatable bonds is 11. The van der Waals surface area contributed by atoms with Crippen molar-refractivity contribution in [2.24, 2.45) is 0 Å². The summed E-state index contributed by atoms with van der Waals surface area (Å²) in [6.45, 7) is 7.78. The van der Waals surface area contributed by atoms with Crippen molar-refractivity contribution in [3.8, 4) is 0 Å². The summed E-state index contributed by atoms with van der Waals surface area (Å²) in [5.41, 5.74) is 0. The van der Waals surface area contributed by atoms with Crippen LogP contribution in [0.1, 0.15) is 65.7 Å². The van der Waals surface area contributed by atoms with Gasteiger partial charge in [0.05, 0.1) is 12.5 Å². The SMILES string of the molecule is CCCCCCOC(CCC)CC(=O)NCC. The van der Waals surface area contributed by atoms with Crippen molar-refractivity contribution in [1.82, 2.24) is 5.32 Å². The molecule has 0 bridgehead atoms. The van der Waals surface area contributed by atoms with Crippen molar-refractivity contribution in [3.05, 3.63) is 0 Å². The van der Waals surface area contributed by atoms with Crippen LogP contribution >= 0.6 is 0 Å². The van der Waals surface area contributed by atoms with E-state index in [1.807, 2.05) is 6.92 Å². The molecule has 0 radical (unpaired) electrons. The number of amides is 1. The molecule has 0 aromatic carbocycles. The van der Waals surface area contributed by atoms with E-state index in [1.165, 1.54) is 19.3 Å². The molecule has 0 aliphatic rings. The second kappa shape index (κ2) is 11.9. The van der Waals surface area contributed by atoms with E-state index >= 15 is 0 Å². The van der Waals surface area contributed by atoms with E-state index in [4.69, 9.17) is 4.74 Å². The van der Waals surface area contributed by atoms with Crippen molar-refractivity contribution in [2.75, 3.05) is 13.2 Å². The lowest BCUT2D eigenvalue weighted by molar-refractivity contribution is -0.124. The molecule has 0 heterocycles. The van der Waals surface area contributed by atoms with Gasteiger partial charge in [-0.15, -0.1) is 0 Å². The van der Waals surface area contributed by atoms with Crippen LogP contribution in [-0.4, -0.2) is 25.2 Å². The van der Waals surface area contributed by atoms with Gasteiger partial charge in [-0.25, -0.2) is 0 Å². The molecule has 0 aliphatic heterocycles. The smallest absolute Gasteiger partial charge is 0.222 e. The van der Waals surface area contributed by atoms with Crippen LogP contribution in [0.25, 0.3) is 0 Å². The molecule has 1 unspecified atom stereocenters. The molecule has 0 aromatic rings. The number of hydrogen-bond donors (Lipinski definition) is 1. The van der Waals surface area contributed by atoms with Gasteiger partial charge < -0.3 is 10.1 Å². The van der Waals surface area contributed by atoms with E-state index in [-0.39, 0.29) is 12.0 Å². The highest BCUT2D eigenvalue weighted by Gasteiger charge is 2.12. The minimum Gasteiger partial charge on any atom is -0.378 e. The molecule has 0 saturated heterocycles. The first-order valence-corrected chi connectivity index (χ1v) is 7.12. The van der Waals surface area contributed by atoms with E-state index in [2.05, 4.69) is 19.2 Å². The maximum atomic E-state index is 11.5. The topological polar surface area (TPSA) is 38.3 Å². The van der Waals surface area contributed by atoms with Crippen LogP contribution in [0.2, 0.25) is 0 Å². The molecule has 102 valence electrons. The number of carbonyl (C=O) groups excluding carboxylic acids is 1. The second-order valence-corrected chi connectivity index (χ2v) is 4.50. The van der Waals surface area contributed by atoms with E-state index in [1.54, 1.807) is 0 Å². The molecule has 1 amide bonds. The van der Waals surface area contributed by atoms with Gasteiger partial charge in [0.1, 0.15) is 0 Å². The predicted octanol–water partition coefficient (Wildman–Crippen LogP) is 3.28. The van der Waals surface area contributed by atoms with Gasteiger partial charge in [0.15, 0.2) is 0 Å². The number of ether oxygens (including phenoxy) is 1. The van der Waals surface area contributed by atoms with E-state index in [0.717, 1.165) is 25.9 Å². The standard InChI is InChI=1S/C14H29NO2/c1-4-7-8-9-11-17-13(10-5-2)12-14(16)15-6-3/h13H,4-12H2,1-3H3,(H,15,16). The minimum atomic E-state index is 0.105. The van der Waals surface area contributed by atoms with E-state index < -0.39 is 0 Å². The molecule has 1 N–H and O–H groups in total. The first-order valence-electron chi connectivity index (χ1n) is 7.12. The largest absolute Gasteiger partial charge is 0.378 e. The monoisotopic (exact) mass is 243 g/mol. The lowest BCUT2D eigenvalue weighted by Crippen LogP contribution is -2.28. The zero-order chi connectivity index (χ0) is 12.9. The Morgan fingerprint density at radius 1 is 1.12 bits per heavy atom. The quantitative estimate of drug-likeness (QED) is 0.566. The van der Waals surface area contributed by atoms with Crippen molar-refractivity contribution >= 4 is 5.91 Å². The zero-order valence-corrected chi connectivity index (χ0v) is 11.8. The summed E-state index contributed by atoms with van der Waals surface area (Å²) >= 11 is 0. The molecule has 3 heteroatoms. The molecule has 1 atom stereocenters. The number of carbonyl (C=O) groups is 1. The Labute approximate surface area is 106 Å². The third-order valence-electron chi connectivity index (χ3n) is 2.75. The van der Waals surface area contributed by atoms with Gasteiger partial charge in [-0.3, -0.25) is 4.79 Å². The summed E-state index contributed by atoms with van der Waals surface area (Å²) in [6, 6.07) is 0. The van der Waals surface area contributed by atoms with Crippen molar-refractivity contribution in [1.29, 1.82) is 0 Å². The maximum absolute atomic E-state index is 11.5. The number of nitrogens with one attached hydrogen (secondary N) is 1. The molecule has 17 heavy (non-hydrogen) atoms.